The van der Waals surface area contributed by atoms with Crippen molar-refractivity contribution in [1.29, 1.82) is 0 Å². The molecule has 0 bridgehead atoms. The highest BCUT2D eigenvalue weighted by Crippen LogP contribution is 2.30. The topological polar surface area (TPSA) is 58.1 Å². The van der Waals surface area contributed by atoms with Crippen LogP contribution in [-0.4, -0.2) is 29.0 Å². The lowest BCUT2D eigenvalue weighted by Crippen LogP contribution is -2.32. The number of amides is 1. The molecule has 0 saturated heterocycles. The van der Waals surface area contributed by atoms with Gasteiger partial charge in [-0.3, -0.25) is 4.79 Å². The minimum atomic E-state index is -0.923. The van der Waals surface area contributed by atoms with E-state index in [1.807, 2.05) is 24.0 Å². The Kier molecular flexibility index (Phi) is 5.70. The number of carbonyl (C=O) groups is 1. The van der Waals surface area contributed by atoms with E-state index in [9.17, 15) is 18.0 Å². The predicted octanol–water partition coefficient (Wildman–Crippen LogP) is 4.83. The van der Waals surface area contributed by atoms with Gasteiger partial charge in [0.1, 0.15) is 17.2 Å². The minimum Gasteiger partial charge on any atom is -0.348 e. The van der Waals surface area contributed by atoms with E-state index in [0.717, 1.165) is 29.7 Å². The lowest BCUT2D eigenvalue weighted by molar-refractivity contribution is 0.101. The zero-order valence-corrected chi connectivity index (χ0v) is 16.7. The first-order valence-electron chi connectivity index (χ1n) is 9.70. The van der Waals surface area contributed by atoms with Crippen molar-refractivity contribution in [3.05, 3.63) is 89.1 Å². The van der Waals surface area contributed by atoms with Crippen LogP contribution >= 0.6 is 0 Å². The predicted molar refractivity (Wildman–Crippen MR) is 112 cm³/mol. The Morgan fingerprint density at radius 2 is 1.68 bits per heavy atom. The van der Waals surface area contributed by atoms with E-state index < -0.39 is 29.1 Å². The monoisotopic (exact) mass is 424 g/mol. The fourth-order valence-corrected chi connectivity index (χ4v) is 3.57. The van der Waals surface area contributed by atoms with Crippen LogP contribution in [0.3, 0.4) is 0 Å². The third-order valence-electron chi connectivity index (χ3n) is 5.24. The Morgan fingerprint density at radius 1 is 1.00 bits per heavy atom. The van der Waals surface area contributed by atoms with Gasteiger partial charge in [0.15, 0.2) is 5.82 Å². The molecule has 2 heterocycles. The first-order valence-corrected chi connectivity index (χ1v) is 9.70. The first-order chi connectivity index (χ1) is 14.9. The van der Waals surface area contributed by atoms with Crippen molar-refractivity contribution < 1.29 is 18.0 Å². The molecule has 158 valence electrons. The van der Waals surface area contributed by atoms with Gasteiger partial charge >= 0.3 is 0 Å². The van der Waals surface area contributed by atoms with E-state index in [4.69, 9.17) is 0 Å². The van der Waals surface area contributed by atoms with E-state index in [-0.39, 0.29) is 5.82 Å². The molecule has 1 aromatic heterocycles. The molecule has 1 aliphatic heterocycles. The van der Waals surface area contributed by atoms with Crippen LogP contribution in [0, 0.1) is 17.6 Å². The Balaban J connectivity index is 1.52. The van der Waals surface area contributed by atoms with E-state index in [0.29, 0.717) is 18.8 Å². The van der Waals surface area contributed by atoms with Gasteiger partial charge in [-0.2, -0.15) is 4.39 Å². The molecule has 0 unspecified atom stereocenters. The Morgan fingerprint density at radius 3 is 2.35 bits per heavy atom. The maximum atomic E-state index is 14.0. The van der Waals surface area contributed by atoms with Crippen LogP contribution in [-0.2, 0) is 0 Å². The van der Waals surface area contributed by atoms with Crippen LogP contribution < -0.4 is 10.2 Å². The van der Waals surface area contributed by atoms with Gasteiger partial charge in [0.05, 0.1) is 0 Å². The Bertz CT molecular complexity index is 1140. The van der Waals surface area contributed by atoms with Crippen LogP contribution in [0.2, 0.25) is 0 Å². The van der Waals surface area contributed by atoms with Gasteiger partial charge in [-0.15, -0.1) is 0 Å². The Hall–Kier alpha value is -3.68. The van der Waals surface area contributed by atoms with Gasteiger partial charge < -0.3 is 10.2 Å². The third-order valence-corrected chi connectivity index (χ3v) is 5.24. The zero-order valence-electron chi connectivity index (χ0n) is 16.7. The number of aromatic nitrogens is 2. The fourth-order valence-electron chi connectivity index (χ4n) is 3.57. The van der Waals surface area contributed by atoms with Crippen LogP contribution in [0.5, 0.6) is 0 Å². The standard InChI is InChI=1S/C23H19F3N4O/c1-14-9-12-30(22-21(26)27-10-11-28-22)13-17(14)15-5-7-16(8-6-15)29-23(31)20-18(24)3-2-4-19(20)25/h2-8,10-11H,9,12-13H2,1H3,(H,29,31). The summed E-state index contributed by atoms with van der Waals surface area (Å²) in [5.74, 6) is -3.11. The van der Waals surface area contributed by atoms with Crippen molar-refractivity contribution in [3.63, 3.8) is 0 Å². The summed E-state index contributed by atoms with van der Waals surface area (Å²) < 4.78 is 41.7. The highest BCUT2D eigenvalue weighted by Gasteiger charge is 2.22. The average molecular weight is 424 g/mol. The molecule has 4 rings (SSSR count). The lowest BCUT2D eigenvalue weighted by atomic mass is 9.95. The summed E-state index contributed by atoms with van der Waals surface area (Å²) in [6.45, 7) is 3.12. The van der Waals surface area contributed by atoms with Crippen molar-refractivity contribution in [2.45, 2.75) is 13.3 Å². The largest absolute Gasteiger partial charge is 0.348 e. The van der Waals surface area contributed by atoms with E-state index in [2.05, 4.69) is 15.3 Å². The number of nitrogens with zero attached hydrogens (tertiary/aromatic N) is 3. The second-order valence-corrected chi connectivity index (χ2v) is 7.23. The summed E-state index contributed by atoms with van der Waals surface area (Å²) in [7, 11) is 0. The molecule has 5 nitrogen and oxygen atoms in total. The molecule has 0 spiro atoms. The molecular formula is C23H19F3N4O. The number of benzene rings is 2. The zero-order chi connectivity index (χ0) is 22.0. The second-order valence-electron chi connectivity index (χ2n) is 7.23. The van der Waals surface area contributed by atoms with Gasteiger partial charge in [-0.25, -0.2) is 18.7 Å². The number of halogens is 3. The average Bonchev–Trinajstić information content (AvgIpc) is 2.75. The number of hydrogen-bond donors (Lipinski definition) is 1. The first kappa shape index (κ1) is 20.6. The number of carbonyl (C=O) groups excluding carboxylic acids is 1. The second kappa shape index (κ2) is 8.59. The van der Waals surface area contributed by atoms with Crippen molar-refractivity contribution in [3.8, 4) is 0 Å². The number of anilines is 2. The van der Waals surface area contributed by atoms with Gasteiger partial charge in [-0.1, -0.05) is 23.8 Å². The van der Waals surface area contributed by atoms with Crippen LogP contribution in [0.1, 0.15) is 29.3 Å². The lowest BCUT2D eigenvalue weighted by Gasteiger charge is -2.31. The third kappa shape index (κ3) is 4.28. The quantitative estimate of drug-likeness (QED) is 0.652. The number of hydrogen-bond acceptors (Lipinski definition) is 4. The van der Waals surface area contributed by atoms with Gasteiger partial charge in [0.25, 0.3) is 11.9 Å². The molecule has 8 heteroatoms. The highest BCUT2D eigenvalue weighted by molar-refractivity contribution is 6.04. The SMILES string of the molecule is CC1=C(c2ccc(NC(=O)c3c(F)cccc3F)cc2)CN(c2nccnc2F)CC1. The summed E-state index contributed by atoms with van der Waals surface area (Å²) in [4.78, 5) is 21.9. The molecule has 0 saturated carbocycles. The van der Waals surface area contributed by atoms with Crippen molar-refractivity contribution in [2.75, 3.05) is 23.3 Å². The van der Waals surface area contributed by atoms with Crippen molar-refractivity contribution in [1.82, 2.24) is 9.97 Å². The molecular weight excluding hydrogens is 405 g/mol. The minimum absolute atomic E-state index is 0.211. The smallest absolute Gasteiger partial charge is 0.261 e. The molecule has 0 radical (unpaired) electrons. The molecule has 2 aromatic carbocycles. The maximum Gasteiger partial charge on any atom is 0.261 e. The maximum absolute atomic E-state index is 14.0. The summed E-state index contributed by atoms with van der Waals surface area (Å²) >= 11 is 0. The molecule has 1 amide bonds. The van der Waals surface area contributed by atoms with Crippen LogP contribution in [0.15, 0.2) is 60.4 Å². The molecule has 3 aromatic rings. The normalized spacial score (nSPS) is 14.0. The van der Waals surface area contributed by atoms with Gasteiger partial charge in [0, 0.05) is 31.2 Å². The highest BCUT2D eigenvalue weighted by atomic mass is 19.1. The summed E-state index contributed by atoms with van der Waals surface area (Å²) in [5, 5.41) is 2.51. The number of nitrogens with one attached hydrogen (secondary N) is 1. The molecule has 1 aliphatic rings. The number of rotatable bonds is 4. The molecule has 0 atom stereocenters. The van der Waals surface area contributed by atoms with Crippen molar-refractivity contribution in [2.24, 2.45) is 0 Å². The summed E-state index contributed by atoms with van der Waals surface area (Å²) in [6.07, 6.45) is 3.51. The van der Waals surface area contributed by atoms with Crippen molar-refractivity contribution >= 4 is 23.0 Å². The van der Waals surface area contributed by atoms with E-state index >= 15 is 0 Å². The summed E-state index contributed by atoms with van der Waals surface area (Å²) in [6, 6.07) is 10.2. The Labute approximate surface area is 177 Å². The molecule has 31 heavy (non-hydrogen) atoms. The summed E-state index contributed by atoms with van der Waals surface area (Å²) in [5.41, 5.74) is 2.88. The van der Waals surface area contributed by atoms with Crippen LogP contribution in [0.4, 0.5) is 24.7 Å². The van der Waals surface area contributed by atoms with Gasteiger partial charge in [0.2, 0.25) is 0 Å². The van der Waals surface area contributed by atoms with Gasteiger partial charge in [-0.05, 0) is 48.7 Å². The molecule has 1 N–H and O–H groups in total. The van der Waals surface area contributed by atoms with E-state index in [1.165, 1.54) is 24.0 Å². The van der Waals surface area contributed by atoms with E-state index in [1.54, 1.807) is 12.1 Å². The molecule has 0 fully saturated rings. The van der Waals surface area contributed by atoms with Crippen LogP contribution in [0.25, 0.3) is 5.57 Å². The fraction of sp³-hybridized carbons (Fsp3) is 0.174. The molecule has 0 aliphatic carbocycles.